The highest BCUT2D eigenvalue weighted by molar-refractivity contribution is 7.89. The Balaban J connectivity index is 1.31. The zero-order valence-electron chi connectivity index (χ0n) is 23.3. The maximum Gasteiger partial charge on any atom is 0.407 e. The fraction of sp³-hybridized carbons (Fsp3) is 0.552. The molecule has 2 saturated heterocycles. The van der Waals surface area contributed by atoms with Crippen LogP contribution in [0.1, 0.15) is 32.3 Å². The van der Waals surface area contributed by atoms with Gasteiger partial charge in [0.1, 0.15) is 6.10 Å². The molecule has 5 atom stereocenters. The summed E-state index contributed by atoms with van der Waals surface area (Å²) in [5, 5.41) is 14.2. The maximum absolute atomic E-state index is 13.7. The second kappa shape index (κ2) is 13.0. The number of carbonyl (C=O) groups excluding carboxylic acids is 1. The van der Waals surface area contributed by atoms with E-state index < -0.39 is 34.4 Å². The maximum atomic E-state index is 13.7. The highest BCUT2D eigenvalue weighted by atomic mass is 32.2. The second-order valence-corrected chi connectivity index (χ2v) is 13.0. The monoisotopic (exact) mass is 590 g/mol. The average molecular weight is 591 g/mol. The molecule has 224 valence electrons. The molecule has 0 bridgehead atoms. The Bertz CT molecular complexity index is 1290. The van der Waals surface area contributed by atoms with Crippen molar-refractivity contribution in [2.24, 2.45) is 11.8 Å². The van der Waals surface area contributed by atoms with Crippen LogP contribution in [0, 0.1) is 11.8 Å². The third-order valence-electron chi connectivity index (χ3n) is 7.54. The van der Waals surface area contributed by atoms with Gasteiger partial charge in [-0.1, -0.05) is 44.2 Å². The van der Waals surface area contributed by atoms with Gasteiger partial charge in [-0.25, -0.2) is 13.2 Å². The minimum absolute atomic E-state index is 0.0179. The SMILES string of the molecule is CC(C)CN(C[C@@H](O)[C@H](CCc1ccccc1)NC(=O)O[C@H]1CO[C@H]2OCC[C@H]21)S(=O)(=O)c1ccc2c(c1)OCO2. The van der Waals surface area contributed by atoms with Gasteiger partial charge in [0.25, 0.3) is 0 Å². The van der Waals surface area contributed by atoms with Gasteiger partial charge in [0.15, 0.2) is 17.8 Å². The van der Waals surface area contributed by atoms with Gasteiger partial charge < -0.3 is 34.1 Å². The summed E-state index contributed by atoms with van der Waals surface area (Å²) < 4.78 is 56.2. The van der Waals surface area contributed by atoms with Crippen LogP contribution in [0.2, 0.25) is 0 Å². The van der Waals surface area contributed by atoms with E-state index in [-0.39, 0.29) is 49.5 Å². The molecule has 3 heterocycles. The summed E-state index contributed by atoms with van der Waals surface area (Å²) in [6.07, 6.45) is -1.03. The molecule has 0 radical (unpaired) electrons. The molecule has 0 spiro atoms. The Morgan fingerprint density at radius 1 is 1.10 bits per heavy atom. The van der Waals surface area contributed by atoms with Crippen molar-refractivity contribution in [3.05, 3.63) is 54.1 Å². The largest absolute Gasteiger partial charge is 0.454 e. The molecule has 2 fully saturated rings. The van der Waals surface area contributed by atoms with Gasteiger partial charge in [-0.15, -0.1) is 0 Å². The predicted molar refractivity (Wildman–Crippen MR) is 148 cm³/mol. The summed E-state index contributed by atoms with van der Waals surface area (Å²) in [6, 6.07) is 13.4. The molecule has 12 heteroatoms. The minimum Gasteiger partial charge on any atom is -0.454 e. The first-order valence-electron chi connectivity index (χ1n) is 14.0. The van der Waals surface area contributed by atoms with E-state index >= 15 is 0 Å². The summed E-state index contributed by atoms with van der Waals surface area (Å²) in [4.78, 5) is 13.0. The number of fused-ring (bicyclic) bond motifs is 2. The van der Waals surface area contributed by atoms with Crippen LogP contribution in [0.4, 0.5) is 4.79 Å². The van der Waals surface area contributed by atoms with Gasteiger partial charge in [0.2, 0.25) is 16.8 Å². The summed E-state index contributed by atoms with van der Waals surface area (Å²) in [5.74, 6) is 0.788. The van der Waals surface area contributed by atoms with Gasteiger partial charge in [-0.05, 0) is 42.9 Å². The number of nitrogens with zero attached hydrogens (tertiary/aromatic N) is 1. The summed E-state index contributed by atoms with van der Waals surface area (Å²) in [7, 11) is -4.01. The molecule has 3 aliphatic rings. The Hall–Kier alpha value is -2.90. The Morgan fingerprint density at radius 2 is 1.88 bits per heavy atom. The molecule has 2 aromatic rings. The fourth-order valence-corrected chi connectivity index (χ4v) is 7.04. The number of hydrogen-bond donors (Lipinski definition) is 2. The number of hydrogen-bond acceptors (Lipinski definition) is 9. The van der Waals surface area contributed by atoms with E-state index in [2.05, 4.69) is 5.32 Å². The number of aliphatic hydroxyl groups is 1. The van der Waals surface area contributed by atoms with E-state index in [4.69, 9.17) is 23.7 Å². The number of rotatable bonds is 12. The van der Waals surface area contributed by atoms with Crippen molar-refractivity contribution in [3.63, 3.8) is 0 Å². The van der Waals surface area contributed by atoms with E-state index in [1.54, 1.807) is 6.07 Å². The minimum atomic E-state index is -4.01. The first kappa shape index (κ1) is 29.6. The normalized spacial score (nSPS) is 23.0. The molecule has 0 aliphatic carbocycles. The smallest absolute Gasteiger partial charge is 0.407 e. The fourth-order valence-electron chi connectivity index (χ4n) is 5.40. The standard InChI is InChI=1S/C29H38N2O9S/c1-19(2)15-31(41(34,35)21-9-11-25-26(14-21)39-18-38-25)16-24(32)23(10-8-20-6-4-3-5-7-20)30-29(33)40-27-17-37-28-22(27)12-13-36-28/h3-7,9,11,14,19,22-24,27-28,32H,8,10,12-13,15-18H2,1-2H3,(H,30,33)/t22-,23-,24+,27-,28+/m0/s1. The van der Waals surface area contributed by atoms with Crippen molar-refractivity contribution in [1.82, 2.24) is 9.62 Å². The highest BCUT2D eigenvalue weighted by Gasteiger charge is 2.44. The van der Waals surface area contributed by atoms with E-state index in [1.165, 1.54) is 16.4 Å². The number of aliphatic hydroxyl groups excluding tert-OH is 1. The van der Waals surface area contributed by atoms with Gasteiger partial charge in [-0.3, -0.25) is 0 Å². The lowest BCUT2D eigenvalue weighted by atomic mass is 10.0. The zero-order chi connectivity index (χ0) is 29.0. The lowest BCUT2D eigenvalue weighted by Gasteiger charge is -2.31. The van der Waals surface area contributed by atoms with Gasteiger partial charge in [0.05, 0.1) is 36.2 Å². The quantitative estimate of drug-likeness (QED) is 0.383. The Kier molecular flexibility index (Phi) is 9.35. The molecular formula is C29H38N2O9S. The van der Waals surface area contributed by atoms with Gasteiger partial charge in [-0.2, -0.15) is 4.31 Å². The molecule has 11 nitrogen and oxygen atoms in total. The number of sulfonamides is 1. The van der Waals surface area contributed by atoms with Crippen LogP contribution < -0.4 is 14.8 Å². The van der Waals surface area contributed by atoms with Crippen LogP contribution in [0.15, 0.2) is 53.4 Å². The number of aryl methyl sites for hydroxylation is 1. The number of carbonyl (C=O) groups is 1. The van der Waals surface area contributed by atoms with E-state index in [1.807, 2.05) is 44.2 Å². The second-order valence-electron chi connectivity index (χ2n) is 11.0. The number of amides is 1. The molecular weight excluding hydrogens is 552 g/mol. The lowest BCUT2D eigenvalue weighted by Crippen LogP contribution is -2.51. The van der Waals surface area contributed by atoms with Crippen LogP contribution in [0.25, 0.3) is 0 Å². The van der Waals surface area contributed by atoms with Crippen molar-refractivity contribution in [2.45, 2.75) is 62.5 Å². The van der Waals surface area contributed by atoms with Gasteiger partial charge in [0, 0.05) is 19.2 Å². The topological polar surface area (TPSA) is 133 Å². The molecule has 0 saturated carbocycles. The Labute approximate surface area is 240 Å². The van der Waals surface area contributed by atoms with Crippen LogP contribution in [-0.2, 0) is 30.7 Å². The van der Waals surface area contributed by atoms with Crippen molar-refractivity contribution >= 4 is 16.1 Å². The first-order valence-corrected chi connectivity index (χ1v) is 15.5. The third-order valence-corrected chi connectivity index (χ3v) is 9.37. The molecule has 2 N–H and O–H groups in total. The molecule has 2 aromatic carbocycles. The summed E-state index contributed by atoms with van der Waals surface area (Å²) >= 11 is 0. The third kappa shape index (κ3) is 7.12. The average Bonchev–Trinajstić information content (AvgIpc) is 3.69. The lowest BCUT2D eigenvalue weighted by molar-refractivity contribution is -0.0907. The van der Waals surface area contributed by atoms with Crippen molar-refractivity contribution in [2.75, 3.05) is 33.1 Å². The number of alkyl carbamates (subject to hydrolysis) is 1. The zero-order valence-corrected chi connectivity index (χ0v) is 24.1. The van der Waals surface area contributed by atoms with Crippen molar-refractivity contribution in [1.29, 1.82) is 0 Å². The first-order chi connectivity index (χ1) is 19.7. The van der Waals surface area contributed by atoms with Crippen LogP contribution >= 0.6 is 0 Å². The van der Waals surface area contributed by atoms with Crippen LogP contribution in [0.3, 0.4) is 0 Å². The van der Waals surface area contributed by atoms with Gasteiger partial charge >= 0.3 is 6.09 Å². The Morgan fingerprint density at radius 3 is 2.66 bits per heavy atom. The van der Waals surface area contributed by atoms with E-state index in [0.717, 1.165) is 12.0 Å². The molecule has 41 heavy (non-hydrogen) atoms. The molecule has 5 rings (SSSR count). The summed E-state index contributed by atoms with van der Waals surface area (Å²) in [5.41, 5.74) is 1.03. The van der Waals surface area contributed by atoms with Crippen molar-refractivity contribution < 1.29 is 42.0 Å². The number of benzene rings is 2. The molecule has 0 unspecified atom stereocenters. The molecule has 1 amide bonds. The number of nitrogens with one attached hydrogen (secondary N) is 1. The number of ether oxygens (including phenoxy) is 5. The predicted octanol–water partition coefficient (Wildman–Crippen LogP) is 2.91. The summed E-state index contributed by atoms with van der Waals surface area (Å²) in [6.45, 7) is 4.58. The van der Waals surface area contributed by atoms with Crippen molar-refractivity contribution in [3.8, 4) is 11.5 Å². The molecule has 0 aromatic heterocycles. The molecule has 3 aliphatic heterocycles. The van der Waals surface area contributed by atoms with E-state index in [9.17, 15) is 18.3 Å². The highest BCUT2D eigenvalue weighted by Crippen LogP contribution is 2.35. The van der Waals surface area contributed by atoms with Crippen LogP contribution in [-0.4, -0.2) is 81.6 Å². The van der Waals surface area contributed by atoms with E-state index in [0.29, 0.717) is 30.9 Å². The van der Waals surface area contributed by atoms with Crippen LogP contribution in [0.5, 0.6) is 11.5 Å².